The second-order valence-electron chi connectivity index (χ2n) is 7.48. The highest BCUT2D eigenvalue weighted by atomic mass is 16.1. The molecule has 0 unspecified atom stereocenters. The summed E-state index contributed by atoms with van der Waals surface area (Å²) < 4.78 is 3.24. The molecule has 2 aliphatic rings. The number of nitrogens with zero attached hydrogens (tertiary/aromatic N) is 8. The lowest BCUT2D eigenvalue weighted by atomic mass is 10.1. The molecule has 3 aromatic heterocycles. The molecule has 27 heavy (non-hydrogen) atoms. The van der Waals surface area contributed by atoms with Gasteiger partial charge in [-0.25, -0.2) is 0 Å². The van der Waals surface area contributed by atoms with Gasteiger partial charge < -0.3 is 9.80 Å². The maximum absolute atomic E-state index is 12.6. The Bertz CT molecular complexity index is 1090. The predicted molar refractivity (Wildman–Crippen MR) is 102 cm³/mol. The summed E-state index contributed by atoms with van der Waals surface area (Å²) in [6.07, 6.45) is 4.90. The van der Waals surface area contributed by atoms with Crippen molar-refractivity contribution in [3.8, 4) is 0 Å². The lowest BCUT2D eigenvalue weighted by Gasteiger charge is -2.45. The van der Waals surface area contributed by atoms with Crippen LogP contribution in [0.1, 0.15) is 17.7 Å². The summed E-state index contributed by atoms with van der Waals surface area (Å²) in [5.41, 5.74) is 3.02. The van der Waals surface area contributed by atoms with Crippen LogP contribution in [-0.4, -0.2) is 55.7 Å². The van der Waals surface area contributed by atoms with Gasteiger partial charge in [-0.2, -0.15) is 15.2 Å². The summed E-state index contributed by atoms with van der Waals surface area (Å²) >= 11 is 0. The van der Waals surface area contributed by atoms with E-state index in [-0.39, 0.29) is 11.6 Å². The van der Waals surface area contributed by atoms with Gasteiger partial charge in [0.05, 0.1) is 17.9 Å². The second kappa shape index (κ2) is 5.77. The number of likely N-dealkylation sites (N-methyl/N-ethyl adjacent to an activating group) is 1. The van der Waals surface area contributed by atoms with E-state index in [1.54, 1.807) is 29.5 Å². The Kier molecular flexibility index (Phi) is 3.46. The van der Waals surface area contributed by atoms with Gasteiger partial charge in [0, 0.05) is 34.2 Å². The van der Waals surface area contributed by atoms with E-state index in [1.165, 1.54) is 12.0 Å². The number of aryl methyl sites for hydroxylation is 3. The fourth-order valence-electron chi connectivity index (χ4n) is 3.99. The van der Waals surface area contributed by atoms with Gasteiger partial charge in [-0.1, -0.05) is 0 Å². The highest BCUT2D eigenvalue weighted by Gasteiger charge is 2.33. The minimum absolute atomic E-state index is 0.0735. The highest BCUT2D eigenvalue weighted by molar-refractivity contribution is 5.74. The first kappa shape index (κ1) is 16.2. The topological polar surface area (TPSA) is 85.0 Å². The Morgan fingerprint density at radius 3 is 2.81 bits per heavy atom. The zero-order valence-corrected chi connectivity index (χ0v) is 15.8. The molecule has 1 aliphatic carbocycles. The first-order valence-corrected chi connectivity index (χ1v) is 9.25. The summed E-state index contributed by atoms with van der Waals surface area (Å²) in [4.78, 5) is 21.6. The summed E-state index contributed by atoms with van der Waals surface area (Å²) in [7, 11) is 5.55. The van der Waals surface area contributed by atoms with Gasteiger partial charge in [0.2, 0.25) is 5.95 Å². The van der Waals surface area contributed by atoms with Crippen LogP contribution in [0.2, 0.25) is 0 Å². The van der Waals surface area contributed by atoms with Gasteiger partial charge in [0.25, 0.3) is 5.56 Å². The largest absolute Gasteiger partial charge is 0.351 e. The van der Waals surface area contributed by atoms with Gasteiger partial charge in [0.15, 0.2) is 11.5 Å². The molecule has 0 aromatic carbocycles. The summed E-state index contributed by atoms with van der Waals surface area (Å²) in [6, 6.07) is 2.45. The first-order chi connectivity index (χ1) is 13.0. The van der Waals surface area contributed by atoms with Crippen LogP contribution < -0.4 is 15.4 Å². The highest BCUT2D eigenvalue weighted by Crippen LogP contribution is 2.27. The fraction of sp³-hybridized carbons (Fsp3) is 0.500. The molecule has 0 amide bonds. The van der Waals surface area contributed by atoms with E-state index in [1.807, 2.05) is 7.05 Å². The van der Waals surface area contributed by atoms with E-state index in [0.29, 0.717) is 17.0 Å². The Balaban J connectivity index is 1.38. The van der Waals surface area contributed by atoms with Crippen molar-refractivity contribution < 1.29 is 0 Å². The molecule has 1 fully saturated rings. The summed E-state index contributed by atoms with van der Waals surface area (Å²) in [5, 5.41) is 13.5. The van der Waals surface area contributed by atoms with Crippen molar-refractivity contribution in [2.45, 2.75) is 25.3 Å². The van der Waals surface area contributed by atoms with E-state index in [9.17, 15) is 4.79 Å². The van der Waals surface area contributed by atoms with Crippen molar-refractivity contribution in [3.05, 3.63) is 33.9 Å². The number of rotatable bonds is 3. The van der Waals surface area contributed by atoms with Crippen LogP contribution in [0, 0.1) is 0 Å². The number of hydrogen-bond donors (Lipinski definition) is 0. The average molecular weight is 366 g/mol. The SMILES string of the molecule is CN(c1nc2c(cnn2C)c(=O)n1C)C1CN(c2cc3c(nn2)CCC3)C1. The standard InChI is InChI=1S/C18H22N8O/c1-23(18-20-16-13(8-19-25(16)3)17(27)24(18)2)12-9-26(10-12)15-7-11-5-4-6-14(11)21-22-15/h7-8,12H,4-6,9-10H2,1-3H3. The molecule has 3 aromatic rings. The first-order valence-electron chi connectivity index (χ1n) is 9.25. The fourth-order valence-corrected chi connectivity index (χ4v) is 3.99. The van der Waals surface area contributed by atoms with E-state index in [4.69, 9.17) is 0 Å². The van der Waals surface area contributed by atoms with Gasteiger partial charge in [0.1, 0.15) is 5.39 Å². The molecule has 0 bridgehead atoms. The maximum atomic E-state index is 12.6. The van der Waals surface area contributed by atoms with Gasteiger partial charge in [-0.05, 0) is 30.9 Å². The van der Waals surface area contributed by atoms with Crippen LogP contribution >= 0.6 is 0 Å². The predicted octanol–water partition coefficient (Wildman–Crippen LogP) is 0.271. The van der Waals surface area contributed by atoms with Crippen molar-refractivity contribution in [1.29, 1.82) is 0 Å². The van der Waals surface area contributed by atoms with Crippen molar-refractivity contribution >= 4 is 22.8 Å². The molecule has 1 aliphatic heterocycles. The third kappa shape index (κ3) is 2.41. The van der Waals surface area contributed by atoms with Gasteiger partial charge >= 0.3 is 0 Å². The monoisotopic (exact) mass is 366 g/mol. The minimum Gasteiger partial charge on any atom is -0.351 e. The average Bonchev–Trinajstić information content (AvgIpc) is 3.23. The van der Waals surface area contributed by atoms with Crippen LogP contribution in [0.25, 0.3) is 11.0 Å². The zero-order chi connectivity index (χ0) is 18.7. The van der Waals surface area contributed by atoms with Crippen LogP contribution in [0.15, 0.2) is 17.1 Å². The van der Waals surface area contributed by atoms with Gasteiger partial charge in [-0.15, -0.1) is 5.10 Å². The molecule has 140 valence electrons. The van der Waals surface area contributed by atoms with E-state index in [0.717, 1.165) is 37.4 Å². The normalized spacial score (nSPS) is 16.6. The van der Waals surface area contributed by atoms with Gasteiger partial charge in [-0.3, -0.25) is 14.0 Å². The molecule has 0 spiro atoms. The van der Waals surface area contributed by atoms with Crippen molar-refractivity contribution in [2.24, 2.45) is 14.1 Å². The molecule has 4 heterocycles. The number of hydrogen-bond acceptors (Lipinski definition) is 7. The molecule has 9 nitrogen and oxygen atoms in total. The van der Waals surface area contributed by atoms with Crippen LogP contribution in [-0.2, 0) is 26.9 Å². The lowest BCUT2D eigenvalue weighted by molar-refractivity contribution is 0.479. The third-order valence-electron chi connectivity index (χ3n) is 5.80. The lowest BCUT2D eigenvalue weighted by Crippen LogP contribution is -2.60. The molecule has 0 saturated carbocycles. The molecular formula is C18H22N8O. The second-order valence-corrected chi connectivity index (χ2v) is 7.48. The van der Waals surface area contributed by atoms with Crippen LogP contribution in [0.5, 0.6) is 0 Å². The maximum Gasteiger partial charge on any atom is 0.265 e. The number of anilines is 2. The Morgan fingerprint density at radius 1 is 1.19 bits per heavy atom. The van der Waals surface area contributed by atoms with E-state index in [2.05, 4.69) is 36.1 Å². The van der Waals surface area contributed by atoms with Crippen molar-refractivity contribution in [2.75, 3.05) is 29.9 Å². The van der Waals surface area contributed by atoms with E-state index >= 15 is 0 Å². The molecular weight excluding hydrogens is 344 g/mol. The third-order valence-corrected chi connectivity index (χ3v) is 5.80. The minimum atomic E-state index is -0.0735. The van der Waals surface area contributed by atoms with Crippen LogP contribution in [0.3, 0.4) is 0 Å². The van der Waals surface area contributed by atoms with Crippen molar-refractivity contribution in [3.63, 3.8) is 0 Å². The zero-order valence-electron chi connectivity index (χ0n) is 15.8. The molecule has 0 atom stereocenters. The van der Waals surface area contributed by atoms with E-state index < -0.39 is 0 Å². The molecule has 5 rings (SSSR count). The molecule has 0 N–H and O–H groups in total. The summed E-state index contributed by atoms with van der Waals surface area (Å²) in [5.74, 6) is 1.60. The quantitative estimate of drug-likeness (QED) is 0.658. The Morgan fingerprint density at radius 2 is 2.00 bits per heavy atom. The Labute approximate surface area is 156 Å². The van der Waals surface area contributed by atoms with Crippen molar-refractivity contribution in [1.82, 2.24) is 29.5 Å². The smallest absolute Gasteiger partial charge is 0.265 e. The molecule has 0 radical (unpaired) electrons. The summed E-state index contributed by atoms with van der Waals surface area (Å²) in [6.45, 7) is 1.67. The number of fused-ring (bicyclic) bond motifs is 2. The molecule has 1 saturated heterocycles. The van der Waals surface area contributed by atoms with Crippen LogP contribution in [0.4, 0.5) is 11.8 Å². The number of aromatic nitrogens is 6. The molecule has 9 heteroatoms. The Hall–Kier alpha value is -2.97.